The molecule has 0 unspecified atom stereocenters. The van der Waals surface area contributed by atoms with Crippen molar-refractivity contribution in [2.24, 2.45) is 0 Å². The second kappa shape index (κ2) is 8.08. The summed E-state index contributed by atoms with van der Waals surface area (Å²) in [6, 6.07) is 37.6. The Balaban J connectivity index is 1.42. The van der Waals surface area contributed by atoms with Crippen LogP contribution in [0, 0.1) is 0 Å². The molecule has 0 aliphatic heterocycles. The minimum Gasteiger partial charge on any atom is -0.221 e. The average molecular weight is 489 g/mol. The van der Waals surface area contributed by atoms with Gasteiger partial charge in [0.1, 0.15) is 0 Å². The highest BCUT2D eigenvalue weighted by molar-refractivity contribution is 6.14. The molecule has 0 N–H and O–H groups in total. The van der Waals surface area contributed by atoms with E-state index in [4.69, 9.17) is 20.2 Å². The summed E-state index contributed by atoms with van der Waals surface area (Å²) in [5.74, 6) is 1.32. The van der Waals surface area contributed by atoms with Crippen molar-refractivity contribution in [3.63, 3.8) is 0 Å². The molecule has 0 saturated heterocycles. The van der Waals surface area contributed by atoms with E-state index in [0.717, 1.165) is 33.5 Å². The molecule has 178 valence electrons. The van der Waals surface area contributed by atoms with E-state index in [0.29, 0.717) is 11.6 Å². The van der Waals surface area contributed by atoms with Crippen LogP contribution in [0.15, 0.2) is 122 Å². The maximum absolute atomic E-state index is 4.81. The lowest BCUT2D eigenvalue weighted by atomic mass is 9.91. The van der Waals surface area contributed by atoms with Crippen LogP contribution in [0.5, 0.6) is 0 Å². The van der Waals surface area contributed by atoms with E-state index in [9.17, 15) is 0 Å². The molecule has 0 spiro atoms. The molecule has 6 nitrogen and oxygen atoms in total. The van der Waals surface area contributed by atoms with Gasteiger partial charge in [0.25, 0.3) is 0 Å². The molecular weight excluding hydrogens is 468 g/mol. The fourth-order valence-electron chi connectivity index (χ4n) is 5.24. The number of hydrogen-bond donors (Lipinski definition) is 0. The van der Waals surface area contributed by atoms with Crippen molar-refractivity contribution in [3.05, 3.63) is 122 Å². The Morgan fingerprint density at radius 1 is 0.447 bits per heavy atom. The van der Waals surface area contributed by atoms with Crippen LogP contribution < -0.4 is 0 Å². The Labute approximate surface area is 217 Å². The van der Waals surface area contributed by atoms with Gasteiger partial charge in [0.15, 0.2) is 22.9 Å². The molecule has 0 atom stereocenters. The van der Waals surface area contributed by atoms with Crippen molar-refractivity contribution in [3.8, 4) is 33.9 Å². The van der Waals surface area contributed by atoms with Crippen LogP contribution in [0.1, 0.15) is 0 Å². The van der Waals surface area contributed by atoms with Crippen LogP contribution >= 0.6 is 0 Å². The maximum Gasteiger partial charge on any atom is 0.182 e. The molecule has 4 aromatic carbocycles. The summed E-state index contributed by atoms with van der Waals surface area (Å²) in [4.78, 5) is 9.63. The van der Waals surface area contributed by atoms with E-state index >= 15 is 0 Å². The van der Waals surface area contributed by atoms with Gasteiger partial charge in [-0.05, 0) is 81.2 Å². The molecule has 0 bridgehead atoms. The van der Waals surface area contributed by atoms with Crippen LogP contribution in [-0.2, 0) is 0 Å². The Bertz CT molecular complexity index is 2000. The van der Waals surface area contributed by atoms with Crippen molar-refractivity contribution in [2.75, 3.05) is 0 Å². The zero-order valence-electron chi connectivity index (χ0n) is 20.2. The van der Waals surface area contributed by atoms with E-state index < -0.39 is 0 Å². The second-order valence-electron chi connectivity index (χ2n) is 9.37. The van der Waals surface area contributed by atoms with E-state index in [1.54, 1.807) is 9.03 Å². The summed E-state index contributed by atoms with van der Waals surface area (Å²) >= 11 is 0. The molecular formula is C32H20N6. The highest BCUT2D eigenvalue weighted by atomic mass is 15.3. The molecule has 8 rings (SSSR count). The van der Waals surface area contributed by atoms with Gasteiger partial charge in [-0.15, -0.1) is 10.2 Å². The second-order valence-corrected chi connectivity index (χ2v) is 9.37. The third-order valence-corrected chi connectivity index (χ3v) is 7.01. The predicted molar refractivity (Wildman–Crippen MR) is 151 cm³/mol. The van der Waals surface area contributed by atoms with Gasteiger partial charge in [0, 0.05) is 23.5 Å². The predicted octanol–water partition coefficient (Wildman–Crippen LogP) is 7.08. The van der Waals surface area contributed by atoms with Crippen LogP contribution in [0.2, 0.25) is 0 Å². The smallest absolute Gasteiger partial charge is 0.182 e. The fourth-order valence-corrected chi connectivity index (χ4v) is 5.24. The molecule has 0 aliphatic carbocycles. The lowest BCUT2D eigenvalue weighted by Gasteiger charge is -2.13. The Hall–Kier alpha value is -5.36. The van der Waals surface area contributed by atoms with Gasteiger partial charge in [-0.25, -0.2) is 19.0 Å². The number of benzene rings is 4. The highest BCUT2D eigenvalue weighted by Gasteiger charge is 2.16. The molecule has 6 heteroatoms. The largest absolute Gasteiger partial charge is 0.221 e. The first kappa shape index (κ1) is 20.8. The molecule has 8 aromatic rings. The van der Waals surface area contributed by atoms with Crippen LogP contribution in [0.4, 0.5) is 0 Å². The number of nitrogens with zero attached hydrogens (tertiary/aromatic N) is 6. The molecule has 0 aliphatic rings. The van der Waals surface area contributed by atoms with Gasteiger partial charge in [0.2, 0.25) is 0 Å². The summed E-state index contributed by atoms with van der Waals surface area (Å²) in [5, 5.41) is 14.4. The quantitative estimate of drug-likeness (QED) is 0.249. The van der Waals surface area contributed by atoms with Crippen LogP contribution in [0.25, 0.3) is 66.7 Å². The summed E-state index contributed by atoms with van der Waals surface area (Å²) in [5.41, 5.74) is 5.65. The average Bonchev–Trinajstić information content (AvgIpc) is 3.61. The zero-order valence-corrected chi connectivity index (χ0v) is 20.2. The molecule has 4 aromatic heterocycles. The molecule has 4 heterocycles. The number of aromatic nitrogens is 6. The van der Waals surface area contributed by atoms with Gasteiger partial charge < -0.3 is 0 Å². The Morgan fingerprint density at radius 2 is 0.974 bits per heavy atom. The highest BCUT2D eigenvalue weighted by Crippen LogP contribution is 2.38. The van der Waals surface area contributed by atoms with E-state index in [1.165, 1.54) is 21.5 Å². The summed E-state index contributed by atoms with van der Waals surface area (Å²) < 4.78 is 3.60. The maximum atomic E-state index is 4.81. The van der Waals surface area contributed by atoms with Crippen molar-refractivity contribution in [1.29, 1.82) is 0 Å². The van der Waals surface area contributed by atoms with E-state index in [-0.39, 0.29) is 0 Å². The third-order valence-electron chi connectivity index (χ3n) is 7.01. The lowest BCUT2D eigenvalue weighted by molar-refractivity contribution is 0.964. The SMILES string of the molecule is c1ccc2c(c1)cc(-c1cc(-c3nc4ccccn4n3)cc(-c3nc4ccccn4n3)c1)c1ccccc12. The topological polar surface area (TPSA) is 60.4 Å². The minimum atomic E-state index is 0.660. The zero-order chi connectivity index (χ0) is 25.1. The molecule has 0 saturated carbocycles. The molecule has 38 heavy (non-hydrogen) atoms. The third kappa shape index (κ3) is 3.28. The van der Waals surface area contributed by atoms with Gasteiger partial charge in [-0.1, -0.05) is 60.7 Å². The van der Waals surface area contributed by atoms with Gasteiger partial charge >= 0.3 is 0 Å². The van der Waals surface area contributed by atoms with Crippen molar-refractivity contribution in [2.45, 2.75) is 0 Å². The lowest BCUT2D eigenvalue weighted by Crippen LogP contribution is -1.91. The Kier molecular flexibility index (Phi) is 4.42. The van der Waals surface area contributed by atoms with Gasteiger partial charge in [-0.3, -0.25) is 0 Å². The summed E-state index contributed by atoms with van der Waals surface area (Å²) in [7, 11) is 0. The fraction of sp³-hybridized carbons (Fsp3) is 0. The van der Waals surface area contributed by atoms with Crippen LogP contribution in [-0.4, -0.2) is 29.2 Å². The van der Waals surface area contributed by atoms with E-state index in [2.05, 4.69) is 72.8 Å². The molecule has 0 fully saturated rings. The van der Waals surface area contributed by atoms with Crippen molar-refractivity contribution in [1.82, 2.24) is 29.2 Å². The van der Waals surface area contributed by atoms with Gasteiger partial charge in [0.05, 0.1) is 0 Å². The van der Waals surface area contributed by atoms with Gasteiger partial charge in [-0.2, -0.15) is 0 Å². The summed E-state index contributed by atoms with van der Waals surface area (Å²) in [6.45, 7) is 0. The van der Waals surface area contributed by atoms with Crippen molar-refractivity contribution >= 4 is 32.8 Å². The number of rotatable bonds is 3. The summed E-state index contributed by atoms with van der Waals surface area (Å²) in [6.07, 6.45) is 3.83. The number of hydrogen-bond acceptors (Lipinski definition) is 4. The monoisotopic (exact) mass is 488 g/mol. The Morgan fingerprint density at radius 3 is 1.61 bits per heavy atom. The first-order valence-corrected chi connectivity index (χ1v) is 12.5. The number of fused-ring (bicyclic) bond motifs is 5. The first-order chi connectivity index (χ1) is 18.8. The standard InChI is InChI=1S/C32H20N6/c1-2-10-25-21(9-1)20-28(27-12-4-3-11-26(25)27)22-17-23(31-33-29-13-5-7-15-37(29)35-31)19-24(18-22)32-34-30-14-6-8-16-38(30)36-32/h1-20H. The normalized spacial score (nSPS) is 11.7. The van der Waals surface area contributed by atoms with Crippen molar-refractivity contribution < 1.29 is 0 Å². The first-order valence-electron chi connectivity index (χ1n) is 12.5. The van der Waals surface area contributed by atoms with Crippen LogP contribution in [0.3, 0.4) is 0 Å². The molecule has 0 amide bonds. The minimum absolute atomic E-state index is 0.660. The molecule has 0 radical (unpaired) electrons. The number of pyridine rings is 2. The van der Waals surface area contributed by atoms with E-state index in [1.807, 2.05) is 48.8 Å².